The van der Waals surface area contributed by atoms with E-state index in [1.165, 1.54) is 14.2 Å². The summed E-state index contributed by atoms with van der Waals surface area (Å²) >= 11 is 0. The summed E-state index contributed by atoms with van der Waals surface area (Å²) in [7, 11) is 2.51. The fourth-order valence-corrected chi connectivity index (χ4v) is 1.56. The lowest BCUT2D eigenvalue weighted by Crippen LogP contribution is -2.44. The molecule has 2 amide bonds. The quantitative estimate of drug-likeness (QED) is 0.420. The second-order valence-electron chi connectivity index (χ2n) is 5.64. The predicted molar refractivity (Wildman–Crippen MR) is 79.4 cm³/mol. The van der Waals surface area contributed by atoms with Gasteiger partial charge in [0.1, 0.15) is 11.6 Å². The van der Waals surface area contributed by atoms with E-state index in [2.05, 4.69) is 20.1 Å². The number of alkyl carbamates (subject to hydrolysis) is 2. The minimum atomic E-state index is -0.787. The van der Waals surface area contributed by atoms with E-state index in [1.54, 1.807) is 20.8 Å². The van der Waals surface area contributed by atoms with Crippen molar-refractivity contribution in [3.8, 4) is 0 Å². The summed E-state index contributed by atoms with van der Waals surface area (Å²) in [5, 5.41) is 4.99. The molecule has 0 saturated heterocycles. The molecule has 0 saturated carbocycles. The molecule has 0 rings (SSSR count). The average molecular weight is 318 g/mol. The summed E-state index contributed by atoms with van der Waals surface area (Å²) in [5.74, 6) is -0.515. The molecule has 0 bridgehead atoms. The van der Waals surface area contributed by atoms with Crippen molar-refractivity contribution in [1.29, 1.82) is 0 Å². The first-order chi connectivity index (χ1) is 10.2. The van der Waals surface area contributed by atoms with Gasteiger partial charge in [0.15, 0.2) is 0 Å². The molecule has 8 heteroatoms. The van der Waals surface area contributed by atoms with E-state index in [0.29, 0.717) is 25.8 Å². The summed E-state index contributed by atoms with van der Waals surface area (Å²) in [6, 6.07) is -0.787. The van der Waals surface area contributed by atoms with Gasteiger partial charge in [-0.15, -0.1) is 0 Å². The highest BCUT2D eigenvalue weighted by Crippen LogP contribution is 2.11. The Labute approximate surface area is 130 Å². The van der Waals surface area contributed by atoms with Gasteiger partial charge in [-0.2, -0.15) is 0 Å². The maximum absolute atomic E-state index is 12.0. The number of amides is 2. The molecule has 128 valence electrons. The first kappa shape index (κ1) is 20.0. The number of carbonyl (C=O) groups is 3. The minimum absolute atomic E-state index is 0.382. The second kappa shape index (κ2) is 9.86. The van der Waals surface area contributed by atoms with Gasteiger partial charge in [-0.3, -0.25) is 0 Å². The molecule has 0 aliphatic carbocycles. The number of unbranched alkanes of at least 4 members (excludes halogenated alkanes) is 1. The fraction of sp³-hybridized carbons (Fsp3) is 0.786. The molecule has 0 aromatic heterocycles. The number of esters is 1. The van der Waals surface area contributed by atoms with E-state index in [4.69, 9.17) is 4.74 Å². The van der Waals surface area contributed by atoms with Gasteiger partial charge in [-0.05, 0) is 40.0 Å². The number of ether oxygens (including phenoxy) is 3. The van der Waals surface area contributed by atoms with Crippen LogP contribution in [0.25, 0.3) is 0 Å². The van der Waals surface area contributed by atoms with E-state index < -0.39 is 29.8 Å². The lowest BCUT2D eigenvalue weighted by molar-refractivity contribution is -0.157. The SMILES string of the molecule is COC(=O)NCCCCC(NC(=O)OC)C(=O)OC(C)(C)C. The summed E-state index contributed by atoms with van der Waals surface area (Å²) in [5.41, 5.74) is -0.639. The molecular weight excluding hydrogens is 292 g/mol. The van der Waals surface area contributed by atoms with Crippen LogP contribution in [0.5, 0.6) is 0 Å². The third-order valence-corrected chi connectivity index (χ3v) is 2.54. The Morgan fingerprint density at radius 2 is 1.59 bits per heavy atom. The van der Waals surface area contributed by atoms with Crippen molar-refractivity contribution in [3.05, 3.63) is 0 Å². The molecule has 2 N–H and O–H groups in total. The molecular formula is C14H26N2O6. The van der Waals surface area contributed by atoms with E-state index in [-0.39, 0.29) is 0 Å². The maximum atomic E-state index is 12.0. The first-order valence-electron chi connectivity index (χ1n) is 7.08. The lowest BCUT2D eigenvalue weighted by Gasteiger charge is -2.24. The Morgan fingerprint density at radius 3 is 2.09 bits per heavy atom. The van der Waals surface area contributed by atoms with Crippen LogP contribution >= 0.6 is 0 Å². The highest BCUT2D eigenvalue weighted by Gasteiger charge is 2.26. The van der Waals surface area contributed by atoms with Gasteiger partial charge in [0.25, 0.3) is 0 Å². The first-order valence-corrected chi connectivity index (χ1v) is 7.08. The van der Waals surface area contributed by atoms with Crippen molar-refractivity contribution >= 4 is 18.2 Å². The van der Waals surface area contributed by atoms with Crippen LogP contribution in [-0.4, -0.2) is 50.6 Å². The van der Waals surface area contributed by atoms with Crippen molar-refractivity contribution in [2.24, 2.45) is 0 Å². The van der Waals surface area contributed by atoms with Crippen LogP contribution in [0.2, 0.25) is 0 Å². The number of carbonyl (C=O) groups excluding carboxylic acids is 3. The molecule has 0 fully saturated rings. The summed E-state index contributed by atoms with van der Waals surface area (Å²) in [6.07, 6.45) is 0.432. The van der Waals surface area contributed by atoms with Gasteiger partial charge in [-0.1, -0.05) is 0 Å². The highest BCUT2D eigenvalue weighted by atomic mass is 16.6. The van der Waals surface area contributed by atoms with E-state index in [0.717, 1.165) is 0 Å². The molecule has 0 spiro atoms. The second-order valence-corrected chi connectivity index (χ2v) is 5.64. The Balaban J connectivity index is 4.33. The van der Waals surface area contributed by atoms with Crippen LogP contribution < -0.4 is 10.6 Å². The van der Waals surface area contributed by atoms with Gasteiger partial charge >= 0.3 is 18.2 Å². The lowest BCUT2D eigenvalue weighted by atomic mass is 10.1. The van der Waals surface area contributed by atoms with Crippen molar-refractivity contribution in [1.82, 2.24) is 10.6 Å². The summed E-state index contributed by atoms with van der Waals surface area (Å²) in [4.78, 5) is 34.2. The zero-order valence-electron chi connectivity index (χ0n) is 13.9. The van der Waals surface area contributed by atoms with Gasteiger partial charge in [0.05, 0.1) is 14.2 Å². The van der Waals surface area contributed by atoms with Crippen LogP contribution in [-0.2, 0) is 19.0 Å². The molecule has 0 heterocycles. The molecule has 8 nitrogen and oxygen atoms in total. The third kappa shape index (κ3) is 9.84. The molecule has 0 aliphatic heterocycles. The van der Waals surface area contributed by atoms with Crippen molar-refractivity contribution in [2.75, 3.05) is 20.8 Å². The summed E-state index contributed by atoms with van der Waals surface area (Å²) in [6.45, 7) is 5.67. The minimum Gasteiger partial charge on any atom is -0.458 e. The standard InChI is InChI=1S/C14H26N2O6/c1-14(2,3)22-11(17)10(16-13(19)21-5)8-6-7-9-15-12(18)20-4/h10H,6-9H2,1-5H3,(H,15,18)(H,16,19). The Kier molecular flexibility index (Phi) is 8.97. The molecule has 0 aliphatic rings. The van der Waals surface area contributed by atoms with E-state index in [1.807, 2.05) is 0 Å². The fourth-order valence-electron chi connectivity index (χ4n) is 1.56. The zero-order chi connectivity index (χ0) is 17.2. The van der Waals surface area contributed by atoms with Gasteiger partial charge < -0.3 is 24.8 Å². The van der Waals surface area contributed by atoms with Gasteiger partial charge in [0.2, 0.25) is 0 Å². The normalized spacial score (nSPS) is 12.0. The molecule has 1 atom stereocenters. The van der Waals surface area contributed by atoms with Crippen molar-refractivity contribution in [3.63, 3.8) is 0 Å². The molecule has 22 heavy (non-hydrogen) atoms. The number of nitrogens with one attached hydrogen (secondary N) is 2. The third-order valence-electron chi connectivity index (χ3n) is 2.54. The summed E-state index contributed by atoms with van der Waals surface area (Å²) < 4.78 is 14.2. The van der Waals surface area contributed by atoms with Crippen molar-refractivity contribution in [2.45, 2.75) is 51.7 Å². The van der Waals surface area contributed by atoms with Crippen LogP contribution in [0.4, 0.5) is 9.59 Å². The molecule has 0 radical (unpaired) electrons. The largest absolute Gasteiger partial charge is 0.458 e. The molecule has 0 aromatic carbocycles. The Hall–Kier alpha value is -1.99. The topological polar surface area (TPSA) is 103 Å². The van der Waals surface area contributed by atoms with Crippen molar-refractivity contribution < 1.29 is 28.6 Å². The molecule has 1 unspecified atom stereocenters. The van der Waals surface area contributed by atoms with E-state index in [9.17, 15) is 14.4 Å². The average Bonchev–Trinajstić information content (AvgIpc) is 2.43. The van der Waals surface area contributed by atoms with Crippen LogP contribution in [0.15, 0.2) is 0 Å². The Morgan fingerprint density at radius 1 is 1.00 bits per heavy atom. The van der Waals surface area contributed by atoms with Crippen LogP contribution in [0, 0.1) is 0 Å². The van der Waals surface area contributed by atoms with Crippen LogP contribution in [0.1, 0.15) is 40.0 Å². The Bertz CT molecular complexity index is 378. The number of hydrogen-bond acceptors (Lipinski definition) is 6. The number of methoxy groups -OCH3 is 2. The highest BCUT2D eigenvalue weighted by molar-refractivity contribution is 5.81. The van der Waals surface area contributed by atoms with Gasteiger partial charge in [-0.25, -0.2) is 14.4 Å². The molecule has 0 aromatic rings. The number of hydrogen-bond donors (Lipinski definition) is 2. The maximum Gasteiger partial charge on any atom is 0.407 e. The predicted octanol–water partition coefficient (Wildman–Crippen LogP) is 1.58. The van der Waals surface area contributed by atoms with Crippen LogP contribution in [0.3, 0.4) is 0 Å². The van der Waals surface area contributed by atoms with E-state index >= 15 is 0 Å². The smallest absolute Gasteiger partial charge is 0.407 e. The zero-order valence-corrected chi connectivity index (χ0v) is 13.9. The monoisotopic (exact) mass is 318 g/mol. The van der Waals surface area contributed by atoms with Gasteiger partial charge in [0, 0.05) is 6.54 Å². The number of rotatable bonds is 7.